The van der Waals surface area contributed by atoms with Crippen LogP contribution in [-0.4, -0.2) is 36.3 Å². The number of hydrogen-bond acceptors (Lipinski definition) is 2. The van der Waals surface area contributed by atoms with Gasteiger partial charge in [0.25, 0.3) is 0 Å². The van der Waals surface area contributed by atoms with Crippen molar-refractivity contribution in [3.05, 3.63) is 35.4 Å². The lowest BCUT2D eigenvalue weighted by Crippen LogP contribution is -2.40. The van der Waals surface area contributed by atoms with E-state index in [1.807, 2.05) is 4.90 Å². The Labute approximate surface area is 152 Å². The molecule has 0 radical (unpaired) electrons. The molecule has 25 heavy (non-hydrogen) atoms. The molecule has 2 rings (SSSR count). The molecule has 1 aromatic carbocycles. The van der Waals surface area contributed by atoms with Crippen LogP contribution in [0.5, 0.6) is 0 Å². The van der Waals surface area contributed by atoms with E-state index < -0.39 is 0 Å². The number of benzene rings is 1. The molecule has 0 aromatic heterocycles. The van der Waals surface area contributed by atoms with Crippen molar-refractivity contribution in [3.8, 4) is 0 Å². The molecule has 2 amide bonds. The number of rotatable bonds is 5. The largest absolute Gasteiger partial charge is 0.356 e. The fraction of sp³-hybridized carbons (Fsp3) is 0.619. The number of aryl methyl sites for hydroxylation is 1. The summed E-state index contributed by atoms with van der Waals surface area (Å²) in [6.07, 6.45) is 3.27. The van der Waals surface area contributed by atoms with Crippen LogP contribution < -0.4 is 5.32 Å². The van der Waals surface area contributed by atoms with Crippen LogP contribution in [0.3, 0.4) is 0 Å². The molecule has 1 aromatic rings. The topological polar surface area (TPSA) is 49.4 Å². The number of nitrogens with zero attached hydrogens (tertiary/aromatic N) is 1. The molecule has 1 heterocycles. The van der Waals surface area contributed by atoms with Crippen molar-refractivity contribution in [3.63, 3.8) is 0 Å². The van der Waals surface area contributed by atoms with E-state index in [0.29, 0.717) is 12.3 Å². The summed E-state index contributed by atoms with van der Waals surface area (Å²) in [5.74, 6) is 0.763. The fourth-order valence-electron chi connectivity index (χ4n) is 3.23. The molecule has 1 aliphatic rings. The summed E-state index contributed by atoms with van der Waals surface area (Å²) in [7, 11) is 0. The van der Waals surface area contributed by atoms with Gasteiger partial charge in [0.15, 0.2) is 0 Å². The third-order valence-electron chi connectivity index (χ3n) is 5.11. The highest BCUT2D eigenvalue weighted by atomic mass is 16.2. The smallest absolute Gasteiger partial charge is 0.220 e. The molecule has 1 fully saturated rings. The third-order valence-corrected chi connectivity index (χ3v) is 5.11. The molecule has 1 saturated heterocycles. The molecule has 138 valence electrons. The maximum absolute atomic E-state index is 12.1. The van der Waals surface area contributed by atoms with E-state index in [1.54, 1.807) is 6.92 Å². The van der Waals surface area contributed by atoms with Gasteiger partial charge in [0.1, 0.15) is 0 Å². The quantitative estimate of drug-likeness (QED) is 0.891. The first-order valence-electron chi connectivity index (χ1n) is 9.37. The number of nitrogens with one attached hydrogen (secondary N) is 1. The van der Waals surface area contributed by atoms with Crippen molar-refractivity contribution in [2.24, 2.45) is 5.92 Å². The van der Waals surface area contributed by atoms with Gasteiger partial charge in [-0.25, -0.2) is 0 Å². The Hall–Kier alpha value is -1.84. The predicted octanol–water partition coefficient (Wildman–Crippen LogP) is 3.29. The van der Waals surface area contributed by atoms with Crippen LogP contribution >= 0.6 is 0 Å². The maximum atomic E-state index is 12.1. The molecule has 0 atom stereocenters. The number of piperidine rings is 1. The zero-order valence-electron chi connectivity index (χ0n) is 16.1. The van der Waals surface area contributed by atoms with Gasteiger partial charge in [-0.05, 0) is 41.7 Å². The van der Waals surface area contributed by atoms with Crippen LogP contribution in [-0.2, 0) is 21.4 Å². The number of likely N-dealkylation sites (tertiary alicyclic amines) is 1. The Kier molecular flexibility index (Phi) is 6.63. The minimum atomic E-state index is 0.119. The van der Waals surface area contributed by atoms with E-state index in [4.69, 9.17) is 0 Å². The molecular formula is C21H32N2O2. The van der Waals surface area contributed by atoms with Crippen LogP contribution in [0.25, 0.3) is 0 Å². The molecule has 4 heteroatoms. The summed E-state index contributed by atoms with van der Waals surface area (Å²) in [5, 5.41) is 3.06. The Bertz CT molecular complexity index is 579. The van der Waals surface area contributed by atoms with E-state index in [9.17, 15) is 9.59 Å². The number of carbonyl (C=O) groups excluding carboxylic acids is 2. The highest BCUT2D eigenvalue weighted by Crippen LogP contribution is 2.22. The zero-order chi connectivity index (χ0) is 18.4. The molecular weight excluding hydrogens is 312 g/mol. The second kappa shape index (κ2) is 8.50. The average molecular weight is 344 g/mol. The fourth-order valence-corrected chi connectivity index (χ4v) is 3.23. The summed E-state index contributed by atoms with van der Waals surface area (Å²) < 4.78 is 0. The normalized spacial score (nSPS) is 15.9. The molecule has 0 saturated carbocycles. The molecule has 4 nitrogen and oxygen atoms in total. The molecule has 0 unspecified atom stereocenters. The lowest BCUT2D eigenvalue weighted by molar-refractivity contribution is -0.130. The van der Waals surface area contributed by atoms with Gasteiger partial charge in [0, 0.05) is 33.0 Å². The maximum Gasteiger partial charge on any atom is 0.220 e. The van der Waals surface area contributed by atoms with Crippen molar-refractivity contribution >= 4 is 11.8 Å². The third kappa shape index (κ3) is 6.18. The highest BCUT2D eigenvalue weighted by molar-refractivity contribution is 5.76. The Balaban J connectivity index is 1.68. The van der Waals surface area contributed by atoms with Crippen LogP contribution in [0.4, 0.5) is 0 Å². The van der Waals surface area contributed by atoms with E-state index in [2.05, 4.69) is 50.4 Å². The monoisotopic (exact) mass is 344 g/mol. The van der Waals surface area contributed by atoms with Crippen LogP contribution in [0.2, 0.25) is 0 Å². The van der Waals surface area contributed by atoms with E-state index >= 15 is 0 Å². The predicted molar refractivity (Wildman–Crippen MR) is 101 cm³/mol. The van der Waals surface area contributed by atoms with E-state index in [1.165, 1.54) is 11.1 Å². The summed E-state index contributed by atoms with van der Waals surface area (Å²) in [6, 6.07) is 8.59. The number of hydrogen-bond donors (Lipinski definition) is 1. The molecule has 0 aliphatic carbocycles. The Morgan fingerprint density at radius 2 is 1.72 bits per heavy atom. The van der Waals surface area contributed by atoms with Crippen LogP contribution in [0.15, 0.2) is 24.3 Å². The summed E-state index contributed by atoms with van der Waals surface area (Å²) >= 11 is 0. The first-order chi connectivity index (χ1) is 11.8. The van der Waals surface area contributed by atoms with Crippen molar-refractivity contribution < 1.29 is 9.59 Å². The van der Waals surface area contributed by atoms with E-state index in [0.717, 1.165) is 38.9 Å². The minimum Gasteiger partial charge on any atom is -0.356 e. The van der Waals surface area contributed by atoms with Gasteiger partial charge in [-0.15, -0.1) is 0 Å². The van der Waals surface area contributed by atoms with Crippen molar-refractivity contribution in [2.45, 2.75) is 58.8 Å². The molecule has 0 bridgehead atoms. The molecule has 1 N–H and O–H groups in total. The SMILES string of the molecule is CC(=O)N1CCC(CNC(=O)CCc2ccc(C(C)(C)C)cc2)CC1. The van der Waals surface area contributed by atoms with Crippen LogP contribution in [0.1, 0.15) is 58.1 Å². The van der Waals surface area contributed by atoms with Gasteiger partial charge >= 0.3 is 0 Å². The first-order valence-corrected chi connectivity index (χ1v) is 9.37. The molecule has 0 spiro atoms. The number of amides is 2. The Morgan fingerprint density at radius 3 is 2.24 bits per heavy atom. The minimum absolute atomic E-state index is 0.119. The lowest BCUT2D eigenvalue weighted by Gasteiger charge is -2.31. The van der Waals surface area contributed by atoms with Gasteiger partial charge in [-0.2, -0.15) is 0 Å². The second-order valence-corrected chi connectivity index (χ2v) is 8.20. The second-order valence-electron chi connectivity index (χ2n) is 8.20. The van der Waals surface area contributed by atoms with Gasteiger partial charge in [0.05, 0.1) is 0 Å². The van der Waals surface area contributed by atoms with Gasteiger partial charge in [-0.1, -0.05) is 45.0 Å². The van der Waals surface area contributed by atoms with Crippen LogP contribution in [0, 0.1) is 5.92 Å². The van der Waals surface area contributed by atoms with Gasteiger partial charge in [-0.3, -0.25) is 9.59 Å². The van der Waals surface area contributed by atoms with E-state index in [-0.39, 0.29) is 17.2 Å². The average Bonchev–Trinajstić information content (AvgIpc) is 2.58. The zero-order valence-corrected chi connectivity index (χ0v) is 16.1. The number of carbonyl (C=O) groups is 2. The van der Waals surface area contributed by atoms with Gasteiger partial charge < -0.3 is 10.2 Å². The highest BCUT2D eigenvalue weighted by Gasteiger charge is 2.21. The standard InChI is InChI=1S/C21H32N2O2/c1-16(24)23-13-11-18(12-14-23)15-22-20(25)10-7-17-5-8-19(9-6-17)21(2,3)4/h5-6,8-9,18H,7,10-15H2,1-4H3,(H,22,25). The van der Waals surface area contributed by atoms with Crippen molar-refractivity contribution in [1.82, 2.24) is 10.2 Å². The van der Waals surface area contributed by atoms with Crippen molar-refractivity contribution in [2.75, 3.05) is 19.6 Å². The summed E-state index contributed by atoms with van der Waals surface area (Å²) in [5.41, 5.74) is 2.68. The first kappa shape index (κ1) is 19.5. The summed E-state index contributed by atoms with van der Waals surface area (Å²) in [4.78, 5) is 25.3. The summed E-state index contributed by atoms with van der Waals surface area (Å²) in [6.45, 7) is 10.6. The Morgan fingerprint density at radius 1 is 1.12 bits per heavy atom. The molecule has 1 aliphatic heterocycles. The van der Waals surface area contributed by atoms with Gasteiger partial charge in [0.2, 0.25) is 11.8 Å². The lowest BCUT2D eigenvalue weighted by atomic mass is 9.86. The van der Waals surface area contributed by atoms with Crippen molar-refractivity contribution in [1.29, 1.82) is 0 Å².